The third-order valence-electron chi connectivity index (χ3n) is 2.91. The van der Waals surface area contributed by atoms with Crippen molar-refractivity contribution in [2.24, 2.45) is 5.73 Å². The molecule has 0 saturated carbocycles. The fraction of sp³-hybridized carbons (Fsp3) is 0.333. The van der Waals surface area contributed by atoms with Crippen LogP contribution in [0, 0.1) is 0 Å². The first-order valence-electron chi connectivity index (χ1n) is 5.85. The number of nitrogens with two attached hydrogens (primary N) is 1. The van der Waals surface area contributed by atoms with Crippen molar-refractivity contribution < 1.29 is 13.2 Å². The standard InChI is InChI=1S/C12H12F3N3O2/c13-12(14,15)4-3-7(16)6-1-2-8-9(5-6)18-11(20)10(19)17-8/h1-2,5,7H,3-4,16H2,(H,17,19)(H,18,20). The van der Waals surface area contributed by atoms with Crippen molar-refractivity contribution in [3.8, 4) is 0 Å². The van der Waals surface area contributed by atoms with E-state index < -0.39 is 29.8 Å². The first kappa shape index (κ1) is 14.3. The van der Waals surface area contributed by atoms with Crippen LogP contribution in [0.2, 0.25) is 0 Å². The Morgan fingerprint density at radius 1 is 1.10 bits per heavy atom. The van der Waals surface area contributed by atoms with Gasteiger partial charge in [-0.05, 0) is 24.1 Å². The van der Waals surface area contributed by atoms with E-state index in [1.165, 1.54) is 18.2 Å². The van der Waals surface area contributed by atoms with E-state index in [0.29, 0.717) is 16.6 Å². The van der Waals surface area contributed by atoms with Gasteiger partial charge in [-0.3, -0.25) is 9.59 Å². The Balaban J connectivity index is 2.29. The van der Waals surface area contributed by atoms with Crippen LogP contribution in [0.4, 0.5) is 13.2 Å². The number of nitrogens with one attached hydrogen (secondary N) is 2. The van der Waals surface area contributed by atoms with E-state index in [2.05, 4.69) is 9.97 Å². The highest BCUT2D eigenvalue weighted by atomic mass is 19.4. The van der Waals surface area contributed by atoms with Crippen LogP contribution in [0.1, 0.15) is 24.4 Å². The van der Waals surface area contributed by atoms with Crippen molar-refractivity contribution in [1.29, 1.82) is 0 Å². The van der Waals surface area contributed by atoms with Gasteiger partial charge in [0.1, 0.15) is 0 Å². The van der Waals surface area contributed by atoms with Gasteiger partial charge in [0.2, 0.25) is 0 Å². The number of hydrogen-bond donors (Lipinski definition) is 3. The lowest BCUT2D eigenvalue weighted by molar-refractivity contribution is -0.136. The summed E-state index contributed by atoms with van der Waals surface area (Å²) in [5.41, 5.74) is 5.27. The van der Waals surface area contributed by atoms with Gasteiger partial charge < -0.3 is 15.7 Å². The zero-order chi connectivity index (χ0) is 14.9. The molecular weight excluding hydrogens is 275 g/mol. The number of fused-ring (bicyclic) bond motifs is 1. The SMILES string of the molecule is NC(CCC(F)(F)F)c1ccc2[nH]c(=O)c(=O)[nH]c2c1. The Morgan fingerprint density at radius 2 is 1.70 bits per heavy atom. The van der Waals surface area contributed by atoms with E-state index in [-0.39, 0.29) is 6.42 Å². The molecule has 1 aromatic heterocycles. The van der Waals surface area contributed by atoms with Crippen LogP contribution in [0.25, 0.3) is 11.0 Å². The molecule has 20 heavy (non-hydrogen) atoms. The Bertz CT molecular complexity index is 733. The normalized spacial score (nSPS) is 13.6. The summed E-state index contributed by atoms with van der Waals surface area (Å²) in [6.07, 6.45) is -5.48. The van der Waals surface area contributed by atoms with Crippen LogP contribution in [-0.2, 0) is 0 Å². The molecule has 1 aromatic carbocycles. The zero-order valence-corrected chi connectivity index (χ0v) is 10.3. The van der Waals surface area contributed by atoms with Gasteiger partial charge >= 0.3 is 17.3 Å². The molecule has 0 saturated heterocycles. The predicted octanol–water partition coefficient (Wildman–Crippen LogP) is 1.56. The smallest absolute Gasteiger partial charge is 0.324 e. The van der Waals surface area contributed by atoms with E-state index >= 15 is 0 Å². The van der Waals surface area contributed by atoms with Crippen molar-refractivity contribution in [3.05, 3.63) is 44.5 Å². The number of hydrogen-bond acceptors (Lipinski definition) is 3. The summed E-state index contributed by atoms with van der Waals surface area (Å²) in [4.78, 5) is 27.0. The molecule has 8 heteroatoms. The van der Waals surface area contributed by atoms with E-state index in [0.717, 1.165) is 0 Å². The predicted molar refractivity (Wildman–Crippen MR) is 67.4 cm³/mol. The minimum absolute atomic E-state index is 0.247. The maximum Gasteiger partial charge on any atom is 0.389 e. The second-order valence-electron chi connectivity index (χ2n) is 4.47. The molecule has 2 aromatic rings. The number of H-pyrrole nitrogens is 2. The highest BCUT2D eigenvalue weighted by Crippen LogP contribution is 2.26. The molecule has 0 bridgehead atoms. The van der Waals surface area contributed by atoms with Crippen molar-refractivity contribution in [1.82, 2.24) is 9.97 Å². The van der Waals surface area contributed by atoms with Gasteiger partial charge in [0.15, 0.2) is 0 Å². The minimum atomic E-state index is -4.26. The monoisotopic (exact) mass is 287 g/mol. The topological polar surface area (TPSA) is 91.7 Å². The molecule has 0 spiro atoms. The number of aromatic nitrogens is 2. The fourth-order valence-electron chi connectivity index (χ4n) is 1.85. The van der Waals surface area contributed by atoms with Gasteiger partial charge in [-0.25, -0.2) is 0 Å². The third-order valence-corrected chi connectivity index (χ3v) is 2.91. The highest BCUT2D eigenvalue weighted by Gasteiger charge is 2.27. The second-order valence-corrected chi connectivity index (χ2v) is 4.47. The first-order valence-corrected chi connectivity index (χ1v) is 5.85. The zero-order valence-electron chi connectivity index (χ0n) is 10.3. The fourth-order valence-corrected chi connectivity index (χ4v) is 1.85. The summed E-state index contributed by atoms with van der Waals surface area (Å²) in [6.45, 7) is 0. The van der Waals surface area contributed by atoms with Crippen LogP contribution in [-0.4, -0.2) is 16.1 Å². The number of rotatable bonds is 3. The number of aromatic amines is 2. The van der Waals surface area contributed by atoms with E-state index in [1.807, 2.05) is 0 Å². The largest absolute Gasteiger partial charge is 0.389 e. The Morgan fingerprint density at radius 3 is 2.30 bits per heavy atom. The lowest BCUT2D eigenvalue weighted by Crippen LogP contribution is -2.29. The van der Waals surface area contributed by atoms with Crippen LogP contribution in [0.3, 0.4) is 0 Å². The molecule has 0 aliphatic rings. The molecular formula is C12H12F3N3O2. The third kappa shape index (κ3) is 3.27. The van der Waals surface area contributed by atoms with Crippen molar-refractivity contribution in [2.45, 2.75) is 25.1 Å². The van der Waals surface area contributed by atoms with Crippen LogP contribution < -0.4 is 16.9 Å². The summed E-state index contributed by atoms with van der Waals surface area (Å²) in [5, 5.41) is 0. The van der Waals surface area contributed by atoms with Gasteiger partial charge in [0.05, 0.1) is 11.0 Å². The molecule has 0 radical (unpaired) electrons. The van der Waals surface area contributed by atoms with Gasteiger partial charge in [-0.2, -0.15) is 13.2 Å². The summed E-state index contributed by atoms with van der Waals surface area (Å²) < 4.78 is 36.4. The molecule has 1 heterocycles. The Labute approximate surface area is 110 Å². The van der Waals surface area contributed by atoms with Gasteiger partial charge in [-0.1, -0.05) is 6.07 Å². The van der Waals surface area contributed by atoms with Crippen molar-refractivity contribution >= 4 is 11.0 Å². The summed E-state index contributed by atoms with van der Waals surface area (Å²) in [7, 11) is 0. The van der Waals surface area contributed by atoms with Crippen LogP contribution in [0.5, 0.6) is 0 Å². The first-order chi connectivity index (χ1) is 9.26. The Kier molecular flexibility index (Phi) is 3.67. The van der Waals surface area contributed by atoms with E-state index in [1.54, 1.807) is 0 Å². The summed E-state index contributed by atoms with van der Waals surface area (Å²) in [5.74, 6) is 0. The maximum absolute atomic E-state index is 12.1. The van der Waals surface area contributed by atoms with Gasteiger partial charge in [-0.15, -0.1) is 0 Å². The number of halogens is 3. The molecule has 1 unspecified atom stereocenters. The lowest BCUT2D eigenvalue weighted by Gasteiger charge is -2.14. The highest BCUT2D eigenvalue weighted by molar-refractivity contribution is 5.74. The maximum atomic E-state index is 12.1. The summed E-state index contributed by atoms with van der Waals surface area (Å²) in [6, 6.07) is 3.69. The number of alkyl halides is 3. The molecule has 0 aliphatic heterocycles. The lowest BCUT2D eigenvalue weighted by atomic mass is 10.0. The summed E-state index contributed by atoms with van der Waals surface area (Å²) >= 11 is 0. The molecule has 2 rings (SSSR count). The van der Waals surface area contributed by atoms with E-state index in [4.69, 9.17) is 5.73 Å². The van der Waals surface area contributed by atoms with Gasteiger partial charge in [0.25, 0.3) is 0 Å². The molecule has 0 aliphatic carbocycles. The molecule has 1 atom stereocenters. The quantitative estimate of drug-likeness (QED) is 0.748. The minimum Gasteiger partial charge on any atom is -0.324 e. The van der Waals surface area contributed by atoms with Crippen LogP contribution in [0.15, 0.2) is 27.8 Å². The molecule has 0 fully saturated rings. The Hall–Kier alpha value is -2.09. The van der Waals surface area contributed by atoms with Crippen molar-refractivity contribution in [2.75, 3.05) is 0 Å². The van der Waals surface area contributed by atoms with Gasteiger partial charge in [0, 0.05) is 12.5 Å². The van der Waals surface area contributed by atoms with Crippen LogP contribution >= 0.6 is 0 Å². The molecule has 108 valence electrons. The van der Waals surface area contributed by atoms with E-state index in [9.17, 15) is 22.8 Å². The molecule has 0 amide bonds. The average molecular weight is 287 g/mol. The average Bonchev–Trinajstić information content (AvgIpc) is 2.36. The van der Waals surface area contributed by atoms with Crippen molar-refractivity contribution in [3.63, 3.8) is 0 Å². The molecule has 5 nitrogen and oxygen atoms in total. The molecule has 4 N–H and O–H groups in total. The second kappa shape index (κ2) is 5.12. The number of benzene rings is 1.